The Bertz CT molecular complexity index is 5080. The van der Waals surface area contributed by atoms with Crippen LogP contribution in [0.3, 0.4) is 0 Å². The predicted octanol–water partition coefficient (Wildman–Crippen LogP) is 19.5. The second-order valence-electron chi connectivity index (χ2n) is 20.3. The molecule has 0 atom stereocenters. The highest BCUT2D eigenvalue weighted by Gasteiger charge is 2.25. The molecule has 16 aromatic rings. The van der Waals surface area contributed by atoms with Gasteiger partial charge in [0.05, 0.1) is 16.7 Å². The molecule has 0 aliphatic carbocycles. The van der Waals surface area contributed by atoms with E-state index in [0.29, 0.717) is 17.5 Å². The van der Waals surface area contributed by atoms with Crippen molar-refractivity contribution in [1.29, 1.82) is 0 Å². The van der Waals surface area contributed by atoms with Crippen LogP contribution in [-0.2, 0) is 0 Å². The molecule has 0 saturated carbocycles. The Morgan fingerprint density at radius 3 is 1.60 bits per heavy atom. The molecule has 362 valence electrons. The van der Waals surface area contributed by atoms with E-state index in [-0.39, 0.29) is 0 Å². The van der Waals surface area contributed by atoms with Crippen LogP contribution in [-0.4, -0.2) is 19.5 Å². The molecule has 78 heavy (non-hydrogen) atoms. The second-order valence-corrected chi connectivity index (χ2v) is 20.3. The van der Waals surface area contributed by atoms with Gasteiger partial charge in [0.1, 0.15) is 11.2 Å². The van der Waals surface area contributed by atoms with Crippen molar-refractivity contribution in [3.8, 4) is 73.2 Å². The van der Waals surface area contributed by atoms with Gasteiger partial charge in [-0.3, -0.25) is 0 Å². The standard InChI is InChI=1S/C73H44N4O/c1-4-17-45(18-5-1)56-37-36-53(40-60(56)46-19-6-2-7-20-46)62-43-64-68(44-66(62)77-65-42-52-26-11-10-25-51(52)39-63(65)58-38-35-48-22-13-15-28-57(48)70(58)77)78-67-30-16-29-59(69(64)67)73-75-71(50-23-8-3-9-24-50)74-72(76-73)54-34-33-49-32-31-47-21-12-14-27-55(47)61(49)41-54/h1-44H. The Kier molecular flexibility index (Phi) is 9.87. The molecule has 0 fully saturated rings. The van der Waals surface area contributed by atoms with E-state index in [0.717, 1.165) is 99.5 Å². The predicted molar refractivity (Wildman–Crippen MR) is 324 cm³/mol. The summed E-state index contributed by atoms with van der Waals surface area (Å²) in [5, 5.41) is 13.7. The van der Waals surface area contributed by atoms with Gasteiger partial charge in [-0.05, 0) is 102 Å². The SMILES string of the molecule is c1ccc(-c2nc(-c3ccc4ccc5ccccc5c4c3)nc(-c3cccc4oc5cc(-n6c7cc8ccccc8cc7c7ccc8ccccc8c76)c(-c6ccc(-c7ccccc7)c(-c7ccccc7)c6)cc5c34)n2)cc1. The van der Waals surface area contributed by atoms with E-state index in [1.807, 2.05) is 24.3 Å². The number of nitrogens with zero attached hydrogens (tertiary/aromatic N) is 4. The van der Waals surface area contributed by atoms with Crippen molar-refractivity contribution in [2.45, 2.75) is 0 Å². The van der Waals surface area contributed by atoms with Crippen molar-refractivity contribution in [3.05, 3.63) is 267 Å². The van der Waals surface area contributed by atoms with Crippen LogP contribution < -0.4 is 0 Å². The highest BCUT2D eigenvalue weighted by atomic mass is 16.3. The molecule has 5 nitrogen and oxygen atoms in total. The van der Waals surface area contributed by atoms with Crippen molar-refractivity contribution in [3.63, 3.8) is 0 Å². The van der Waals surface area contributed by atoms with E-state index in [2.05, 4.69) is 247 Å². The van der Waals surface area contributed by atoms with Gasteiger partial charge < -0.3 is 8.98 Å². The molecule has 0 bridgehead atoms. The fraction of sp³-hybridized carbons (Fsp3) is 0. The van der Waals surface area contributed by atoms with Crippen molar-refractivity contribution < 1.29 is 4.42 Å². The molecule has 0 radical (unpaired) electrons. The average molecular weight is 993 g/mol. The molecule has 5 heteroatoms. The number of fused-ring (bicyclic) bond motifs is 12. The molecule has 16 rings (SSSR count). The first-order valence-electron chi connectivity index (χ1n) is 26.5. The zero-order valence-corrected chi connectivity index (χ0v) is 42.1. The fourth-order valence-corrected chi connectivity index (χ4v) is 12.1. The molecule has 0 aliphatic heterocycles. The maximum Gasteiger partial charge on any atom is 0.164 e. The minimum atomic E-state index is 0.565. The smallest absolute Gasteiger partial charge is 0.164 e. The topological polar surface area (TPSA) is 56.7 Å². The summed E-state index contributed by atoms with van der Waals surface area (Å²) in [6.07, 6.45) is 0. The third-order valence-corrected chi connectivity index (χ3v) is 15.8. The highest BCUT2D eigenvalue weighted by molar-refractivity contribution is 6.22. The van der Waals surface area contributed by atoms with Crippen LogP contribution in [0.5, 0.6) is 0 Å². The first-order valence-corrected chi connectivity index (χ1v) is 26.5. The van der Waals surface area contributed by atoms with Gasteiger partial charge in [0.15, 0.2) is 17.5 Å². The number of rotatable bonds is 7. The van der Waals surface area contributed by atoms with Gasteiger partial charge >= 0.3 is 0 Å². The maximum absolute atomic E-state index is 7.13. The van der Waals surface area contributed by atoms with E-state index in [1.54, 1.807) is 0 Å². The van der Waals surface area contributed by atoms with Gasteiger partial charge in [0.25, 0.3) is 0 Å². The lowest BCUT2D eigenvalue weighted by Crippen LogP contribution is -2.00. The summed E-state index contributed by atoms with van der Waals surface area (Å²) >= 11 is 0. The summed E-state index contributed by atoms with van der Waals surface area (Å²) in [7, 11) is 0. The minimum absolute atomic E-state index is 0.565. The van der Waals surface area contributed by atoms with Crippen molar-refractivity contribution in [2.24, 2.45) is 0 Å². The van der Waals surface area contributed by atoms with Gasteiger partial charge in [0, 0.05) is 55.3 Å². The van der Waals surface area contributed by atoms with Gasteiger partial charge in [0.2, 0.25) is 0 Å². The summed E-state index contributed by atoms with van der Waals surface area (Å²) in [5.74, 6) is 1.76. The number of furan rings is 1. The minimum Gasteiger partial charge on any atom is -0.456 e. The lowest BCUT2D eigenvalue weighted by molar-refractivity contribution is 0.668. The second kappa shape index (κ2) is 17.6. The monoisotopic (exact) mass is 992 g/mol. The van der Waals surface area contributed by atoms with Crippen molar-refractivity contribution in [2.75, 3.05) is 0 Å². The summed E-state index contributed by atoms with van der Waals surface area (Å²) < 4.78 is 9.62. The first kappa shape index (κ1) is 43.9. The molecule has 0 spiro atoms. The quantitative estimate of drug-likeness (QED) is 0.149. The highest BCUT2D eigenvalue weighted by Crippen LogP contribution is 2.46. The fourth-order valence-electron chi connectivity index (χ4n) is 12.1. The summed E-state index contributed by atoms with van der Waals surface area (Å²) in [6, 6.07) is 95.6. The molecular formula is C73H44N4O. The third-order valence-electron chi connectivity index (χ3n) is 15.8. The Balaban J connectivity index is 0.997. The van der Waals surface area contributed by atoms with Crippen molar-refractivity contribution in [1.82, 2.24) is 19.5 Å². The van der Waals surface area contributed by atoms with Gasteiger partial charge in [-0.25, -0.2) is 15.0 Å². The lowest BCUT2D eigenvalue weighted by atomic mass is 9.90. The normalized spacial score (nSPS) is 11.8. The lowest BCUT2D eigenvalue weighted by Gasteiger charge is -2.18. The summed E-state index contributed by atoms with van der Waals surface area (Å²) in [5.41, 5.74) is 14.2. The summed E-state index contributed by atoms with van der Waals surface area (Å²) in [4.78, 5) is 15.9. The molecule has 0 unspecified atom stereocenters. The molecule has 3 aromatic heterocycles. The van der Waals surface area contributed by atoms with Crippen LogP contribution >= 0.6 is 0 Å². The van der Waals surface area contributed by atoms with E-state index >= 15 is 0 Å². The molecule has 0 amide bonds. The number of hydrogen-bond donors (Lipinski definition) is 0. The van der Waals surface area contributed by atoms with Crippen LogP contribution in [0.4, 0.5) is 0 Å². The Hall–Kier alpha value is -10.5. The third kappa shape index (κ3) is 7.06. The molecule has 0 N–H and O–H groups in total. The van der Waals surface area contributed by atoms with E-state index in [4.69, 9.17) is 19.4 Å². The van der Waals surface area contributed by atoms with Gasteiger partial charge in [-0.1, -0.05) is 224 Å². The zero-order chi connectivity index (χ0) is 51.3. The molecule has 13 aromatic carbocycles. The number of aromatic nitrogens is 4. The van der Waals surface area contributed by atoms with Crippen LogP contribution in [0.2, 0.25) is 0 Å². The number of hydrogen-bond acceptors (Lipinski definition) is 4. The zero-order valence-electron chi connectivity index (χ0n) is 42.1. The van der Waals surface area contributed by atoms with Crippen LogP contribution in [0.25, 0.3) is 160 Å². The average Bonchev–Trinajstić information content (AvgIpc) is 4.27. The largest absolute Gasteiger partial charge is 0.456 e. The number of benzene rings is 13. The van der Waals surface area contributed by atoms with Gasteiger partial charge in [-0.15, -0.1) is 0 Å². The Morgan fingerprint density at radius 2 is 0.846 bits per heavy atom. The van der Waals surface area contributed by atoms with Crippen LogP contribution in [0, 0.1) is 0 Å². The van der Waals surface area contributed by atoms with E-state index in [1.165, 1.54) is 43.1 Å². The van der Waals surface area contributed by atoms with Crippen LogP contribution in [0.15, 0.2) is 271 Å². The van der Waals surface area contributed by atoms with E-state index < -0.39 is 0 Å². The van der Waals surface area contributed by atoms with Crippen molar-refractivity contribution >= 4 is 86.8 Å². The molecule has 3 heterocycles. The summed E-state index contributed by atoms with van der Waals surface area (Å²) in [6.45, 7) is 0. The van der Waals surface area contributed by atoms with Crippen LogP contribution in [0.1, 0.15) is 0 Å². The molecule has 0 aliphatic rings. The molecule has 0 saturated heterocycles. The van der Waals surface area contributed by atoms with E-state index in [9.17, 15) is 0 Å². The van der Waals surface area contributed by atoms with Gasteiger partial charge in [-0.2, -0.15) is 0 Å². The molecular weight excluding hydrogens is 949 g/mol. The Labute approximate surface area is 448 Å². The first-order chi connectivity index (χ1) is 38.6. The maximum atomic E-state index is 7.13. The Morgan fingerprint density at radius 1 is 0.269 bits per heavy atom.